The molecule has 0 fully saturated rings. The predicted octanol–water partition coefficient (Wildman–Crippen LogP) is 5.38. The van der Waals surface area contributed by atoms with E-state index in [-0.39, 0.29) is 46.1 Å². The molecule has 0 aliphatic heterocycles. The van der Waals surface area contributed by atoms with E-state index in [1.54, 1.807) is 12.1 Å². The van der Waals surface area contributed by atoms with Crippen molar-refractivity contribution in [1.29, 1.82) is 0 Å². The van der Waals surface area contributed by atoms with Crippen molar-refractivity contribution in [3.8, 4) is 34.1 Å². The molecule has 3 aromatic rings. The first-order valence-electron chi connectivity index (χ1n) is 12.1. The monoisotopic (exact) mass is 488 g/mol. The van der Waals surface area contributed by atoms with Gasteiger partial charge in [-0.25, -0.2) is 4.79 Å². The molecule has 0 atom stereocenters. The first kappa shape index (κ1) is 23.7. The van der Waals surface area contributed by atoms with Gasteiger partial charge in [0.25, 0.3) is 0 Å². The predicted molar refractivity (Wildman–Crippen MR) is 134 cm³/mol. The summed E-state index contributed by atoms with van der Waals surface area (Å²) in [5.74, 6) is -2.89. The SMILES string of the molecule is CCCCCc1cc2c(c(O)c1C(=O)O)-c1cc3c(c(O)c1C2)C(=O)c1c(O)cc(O)cc1C3(C)C. The number of carboxylic acid groups (broad SMARTS) is 1. The van der Waals surface area contributed by atoms with Crippen molar-refractivity contribution in [3.63, 3.8) is 0 Å². The average molecular weight is 489 g/mol. The van der Waals surface area contributed by atoms with Gasteiger partial charge in [0.1, 0.15) is 28.6 Å². The second-order valence-corrected chi connectivity index (χ2v) is 10.2. The van der Waals surface area contributed by atoms with Crippen molar-refractivity contribution in [2.75, 3.05) is 0 Å². The van der Waals surface area contributed by atoms with Crippen LogP contribution in [0.1, 0.15) is 94.1 Å². The minimum Gasteiger partial charge on any atom is -0.508 e. The number of hydrogen-bond donors (Lipinski definition) is 5. The molecule has 0 saturated heterocycles. The smallest absolute Gasteiger partial charge is 0.339 e. The topological polar surface area (TPSA) is 135 Å². The first-order chi connectivity index (χ1) is 17.0. The first-order valence-corrected chi connectivity index (χ1v) is 12.1. The summed E-state index contributed by atoms with van der Waals surface area (Å²) in [6.45, 7) is 5.69. The van der Waals surface area contributed by atoms with Crippen LogP contribution >= 0.6 is 0 Å². The molecule has 7 heteroatoms. The molecule has 0 saturated carbocycles. The Hall–Kier alpha value is -4.00. The summed E-state index contributed by atoms with van der Waals surface area (Å²) >= 11 is 0. The maximum atomic E-state index is 13.5. The number of unbranched alkanes of at least 4 members (excludes halogenated alkanes) is 2. The highest BCUT2D eigenvalue weighted by molar-refractivity contribution is 6.17. The van der Waals surface area contributed by atoms with Crippen molar-refractivity contribution < 1.29 is 35.1 Å². The zero-order valence-electron chi connectivity index (χ0n) is 20.4. The molecule has 0 aromatic heterocycles. The number of phenolic OH excluding ortho intramolecular Hbond substituents is 3. The van der Waals surface area contributed by atoms with Crippen LogP contribution in [0.5, 0.6) is 23.0 Å². The lowest BCUT2D eigenvalue weighted by molar-refractivity contribution is 0.0692. The molecular weight excluding hydrogens is 460 g/mol. The third-order valence-electron chi connectivity index (χ3n) is 7.67. The fraction of sp³-hybridized carbons (Fsp3) is 0.310. The molecule has 7 nitrogen and oxygen atoms in total. The van der Waals surface area contributed by atoms with Crippen LogP contribution in [0.4, 0.5) is 0 Å². The summed E-state index contributed by atoms with van der Waals surface area (Å²) in [6.07, 6.45) is 3.45. The van der Waals surface area contributed by atoms with Gasteiger partial charge in [0, 0.05) is 29.0 Å². The van der Waals surface area contributed by atoms with E-state index in [0.717, 1.165) is 25.3 Å². The number of carbonyl (C=O) groups excluding carboxylic acids is 1. The zero-order valence-corrected chi connectivity index (χ0v) is 20.4. The number of ketones is 1. The molecule has 0 heterocycles. The standard InChI is InChI=1S/C29H28O7/c1-4-5-6-7-13-8-14-9-17-16(21(14)26(33)22(13)28(35)36)12-19-24(25(17)32)27(34)23-18(29(19,2)3)10-15(30)11-20(23)31/h8,10-12,30-33H,4-7,9H2,1-3H3,(H,35,36). The second-order valence-electron chi connectivity index (χ2n) is 10.2. The van der Waals surface area contributed by atoms with Crippen molar-refractivity contribution >= 4 is 11.8 Å². The second kappa shape index (κ2) is 8.01. The van der Waals surface area contributed by atoms with Gasteiger partial charge in [0.15, 0.2) is 0 Å². The normalized spacial score (nSPS) is 14.7. The van der Waals surface area contributed by atoms with Crippen molar-refractivity contribution in [2.24, 2.45) is 0 Å². The molecule has 0 unspecified atom stereocenters. The van der Waals surface area contributed by atoms with Crippen LogP contribution in [0.15, 0.2) is 24.3 Å². The van der Waals surface area contributed by atoms with Gasteiger partial charge in [-0.1, -0.05) is 39.7 Å². The number of rotatable bonds is 5. The van der Waals surface area contributed by atoms with Crippen LogP contribution in [-0.4, -0.2) is 37.3 Å². The fourth-order valence-electron chi connectivity index (χ4n) is 5.86. The van der Waals surface area contributed by atoms with E-state index in [0.29, 0.717) is 45.4 Å². The van der Waals surface area contributed by atoms with E-state index in [9.17, 15) is 35.1 Å². The van der Waals surface area contributed by atoms with Crippen LogP contribution in [0, 0.1) is 0 Å². The molecule has 5 rings (SSSR count). The highest BCUT2D eigenvalue weighted by Crippen LogP contribution is 2.54. The number of carboxylic acids is 1. The Bertz CT molecular complexity index is 1480. The maximum Gasteiger partial charge on any atom is 0.339 e. The summed E-state index contributed by atoms with van der Waals surface area (Å²) in [7, 11) is 0. The van der Waals surface area contributed by atoms with Crippen LogP contribution in [0.2, 0.25) is 0 Å². The number of hydrogen-bond acceptors (Lipinski definition) is 6. The van der Waals surface area contributed by atoms with Crippen molar-refractivity contribution in [1.82, 2.24) is 0 Å². The van der Waals surface area contributed by atoms with E-state index in [1.165, 1.54) is 6.07 Å². The Morgan fingerprint density at radius 1 is 0.917 bits per heavy atom. The quantitative estimate of drug-likeness (QED) is 0.238. The van der Waals surface area contributed by atoms with Crippen LogP contribution < -0.4 is 0 Å². The minimum absolute atomic E-state index is 0.0327. The lowest BCUT2D eigenvalue weighted by Gasteiger charge is -2.35. The molecular formula is C29H28O7. The van der Waals surface area contributed by atoms with Crippen LogP contribution in [-0.2, 0) is 18.3 Å². The molecule has 0 radical (unpaired) electrons. The summed E-state index contributed by atoms with van der Waals surface area (Å²) in [4.78, 5) is 25.6. The Morgan fingerprint density at radius 3 is 2.28 bits per heavy atom. The minimum atomic E-state index is -1.21. The van der Waals surface area contributed by atoms with Gasteiger partial charge in [0.05, 0.1) is 11.1 Å². The number of aromatic hydroxyl groups is 4. The third kappa shape index (κ3) is 3.19. The zero-order chi connectivity index (χ0) is 26.1. The number of phenols is 4. The molecule has 0 spiro atoms. The van der Waals surface area contributed by atoms with E-state index in [2.05, 4.69) is 6.92 Å². The summed E-state index contributed by atoms with van der Waals surface area (Å²) in [6, 6.07) is 6.04. The molecule has 186 valence electrons. The Morgan fingerprint density at radius 2 is 1.61 bits per heavy atom. The Kier molecular flexibility index (Phi) is 5.28. The highest BCUT2D eigenvalue weighted by Gasteiger charge is 2.43. The Labute approximate surface area is 208 Å². The van der Waals surface area contributed by atoms with E-state index >= 15 is 0 Å². The van der Waals surface area contributed by atoms with Gasteiger partial charge in [-0.3, -0.25) is 4.79 Å². The molecule has 0 bridgehead atoms. The van der Waals surface area contributed by atoms with Crippen molar-refractivity contribution in [2.45, 2.75) is 58.3 Å². The van der Waals surface area contributed by atoms with E-state index in [1.807, 2.05) is 13.8 Å². The van der Waals surface area contributed by atoms with E-state index < -0.39 is 17.2 Å². The molecule has 36 heavy (non-hydrogen) atoms. The van der Waals surface area contributed by atoms with Crippen LogP contribution in [0.25, 0.3) is 11.1 Å². The van der Waals surface area contributed by atoms with Crippen molar-refractivity contribution in [3.05, 3.63) is 68.8 Å². The number of aryl methyl sites for hydroxylation is 1. The van der Waals surface area contributed by atoms with Gasteiger partial charge in [-0.2, -0.15) is 0 Å². The number of fused-ring (bicyclic) bond motifs is 5. The fourth-order valence-corrected chi connectivity index (χ4v) is 5.86. The highest BCUT2D eigenvalue weighted by atomic mass is 16.4. The molecule has 2 aliphatic rings. The number of carbonyl (C=O) groups is 2. The lowest BCUT2D eigenvalue weighted by atomic mass is 9.67. The average Bonchev–Trinajstić information content (AvgIpc) is 3.16. The largest absolute Gasteiger partial charge is 0.508 e. The van der Waals surface area contributed by atoms with Gasteiger partial charge in [0.2, 0.25) is 5.78 Å². The number of benzene rings is 3. The van der Waals surface area contributed by atoms with Crippen LogP contribution in [0.3, 0.4) is 0 Å². The lowest BCUT2D eigenvalue weighted by Crippen LogP contribution is -2.31. The molecule has 3 aromatic carbocycles. The molecule has 5 N–H and O–H groups in total. The van der Waals surface area contributed by atoms with Gasteiger partial charge in [-0.05, 0) is 52.8 Å². The van der Waals surface area contributed by atoms with E-state index in [4.69, 9.17) is 0 Å². The Balaban J connectivity index is 1.75. The summed E-state index contributed by atoms with van der Waals surface area (Å²) < 4.78 is 0. The maximum absolute atomic E-state index is 13.5. The van der Waals surface area contributed by atoms with Gasteiger partial charge < -0.3 is 25.5 Å². The molecule has 2 aliphatic carbocycles. The number of aromatic carboxylic acids is 1. The molecule has 0 amide bonds. The van der Waals surface area contributed by atoms with Gasteiger partial charge >= 0.3 is 5.97 Å². The summed E-state index contributed by atoms with van der Waals surface area (Å²) in [5, 5.41) is 53.0. The summed E-state index contributed by atoms with van der Waals surface area (Å²) in [5.41, 5.74) is 2.48. The third-order valence-corrected chi connectivity index (χ3v) is 7.67. The van der Waals surface area contributed by atoms with Gasteiger partial charge in [-0.15, -0.1) is 0 Å².